The second-order valence-corrected chi connectivity index (χ2v) is 13.8. The van der Waals surface area contributed by atoms with Crippen LogP contribution in [-0.2, 0) is 22.9 Å². The van der Waals surface area contributed by atoms with Crippen LogP contribution in [0.2, 0.25) is 0 Å². The molecule has 2 rings (SSSR count). The molecule has 0 saturated carbocycles. The van der Waals surface area contributed by atoms with Gasteiger partial charge in [0.05, 0.1) is 0 Å². The van der Waals surface area contributed by atoms with E-state index in [1.807, 2.05) is 3.33 Å². The van der Waals surface area contributed by atoms with Crippen LogP contribution in [0.4, 0.5) is 0 Å². The van der Waals surface area contributed by atoms with Gasteiger partial charge in [0.1, 0.15) is 0 Å². The van der Waals surface area contributed by atoms with E-state index < -0.39 is 22.9 Å². The average Bonchev–Trinajstić information content (AvgIpc) is 2.84. The Hall–Kier alpha value is 0.410. The third-order valence-corrected chi connectivity index (χ3v) is 10.9. The van der Waals surface area contributed by atoms with Crippen molar-refractivity contribution >= 4 is 0 Å². The predicted molar refractivity (Wildman–Crippen MR) is 89.6 cm³/mol. The van der Waals surface area contributed by atoms with Crippen molar-refractivity contribution in [1.29, 1.82) is 0 Å². The van der Waals surface area contributed by atoms with E-state index >= 15 is 0 Å². The standard InChI is InChI=1S/2C10H15.2ClH.Hf/c2*1-8-5-6-9(7-8)10(2,3)4;;;/h7H,6H2,1-4H3;6-8H,1-4H3;2*1H;/q;;;;+2/p-2. The summed E-state index contributed by atoms with van der Waals surface area (Å²) in [6.45, 7) is 18.8. The minimum atomic E-state index is -0.844. The summed E-state index contributed by atoms with van der Waals surface area (Å²) in [5.41, 5.74) is 5.40. The maximum absolute atomic E-state index is 2.54. The second-order valence-electron chi connectivity index (χ2n) is 8.64. The first kappa shape index (κ1) is 23.4. The first-order valence-corrected chi connectivity index (χ1v) is 11.7. The van der Waals surface area contributed by atoms with Crippen molar-refractivity contribution in [2.75, 3.05) is 0 Å². The molecule has 1 atom stereocenters. The summed E-state index contributed by atoms with van der Waals surface area (Å²) in [6, 6.07) is 0. The fraction of sp³-hybridized carbons (Fsp3) is 0.600. The molecule has 0 spiro atoms. The molecular weight excluding hydrogens is 490 g/mol. The van der Waals surface area contributed by atoms with E-state index in [2.05, 4.69) is 73.6 Å². The number of hydrogen-bond donors (Lipinski definition) is 0. The van der Waals surface area contributed by atoms with Crippen molar-refractivity contribution < 1.29 is 47.7 Å². The molecule has 0 aromatic heterocycles. The molecule has 0 aromatic rings. The first-order chi connectivity index (χ1) is 9.48. The van der Waals surface area contributed by atoms with Crippen LogP contribution in [0.15, 0.2) is 41.6 Å². The Morgan fingerprint density at radius 1 is 0.957 bits per heavy atom. The van der Waals surface area contributed by atoms with Crippen LogP contribution in [0.3, 0.4) is 0 Å². The number of rotatable bonds is 2. The van der Waals surface area contributed by atoms with Crippen LogP contribution < -0.4 is 24.8 Å². The van der Waals surface area contributed by atoms with E-state index in [1.54, 1.807) is 20.0 Å². The molecule has 128 valence electrons. The summed E-state index contributed by atoms with van der Waals surface area (Å²) in [5, 5.41) is 0. The van der Waals surface area contributed by atoms with Gasteiger partial charge in [-0.25, -0.2) is 0 Å². The van der Waals surface area contributed by atoms with Crippen LogP contribution in [0, 0.1) is 16.7 Å². The van der Waals surface area contributed by atoms with E-state index in [-0.39, 0.29) is 24.8 Å². The maximum Gasteiger partial charge on any atom is -1.00 e. The average molecular weight is 520 g/mol. The Kier molecular flexibility index (Phi) is 8.34. The molecule has 3 heteroatoms. The van der Waals surface area contributed by atoms with Gasteiger partial charge < -0.3 is 24.8 Å². The minimum Gasteiger partial charge on any atom is -1.00 e. The zero-order chi connectivity index (χ0) is 16.0. The zero-order valence-electron chi connectivity index (χ0n) is 15.8. The van der Waals surface area contributed by atoms with Crippen LogP contribution in [0.25, 0.3) is 0 Å². The van der Waals surface area contributed by atoms with Crippen molar-refractivity contribution in [3.05, 3.63) is 41.6 Å². The maximum atomic E-state index is 2.54. The van der Waals surface area contributed by atoms with Gasteiger partial charge in [-0.15, -0.1) is 0 Å². The third-order valence-electron chi connectivity index (χ3n) is 4.59. The Morgan fingerprint density at radius 2 is 1.52 bits per heavy atom. The topological polar surface area (TPSA) is 0 Å². The van der Waals surface area contributed by atoms with Gasteiger partial charge in [0, 0.05) is 0 Å². The SMILES string of the molecule is CC1=[C]([Hf+2][C]2=CC(C(C)(C)C)=CC2C)CC(C(C)(C)C)=C1.[Cl-].[Cl-]. The third kappa shape index (κ3) is 5.72. The predicted octanol–water partition coefficient (Wildman–Crippen LogP) is 0.233. The van der Waals surface area contributed by atoms with Gasteiger partial charge in [-0.05, 0) is 0 Å². The normalized spacial score (nSPS) is 21.0. The van der Waals surface area contributed by atoms with Gasteiger partial charge in [0.15, 0.2) is 0 Å². The molecule has 23 heavy (non-hydrogen) atoms. The molecule has 0 aliphatic heterocycles. The van der Waals surface area contributed by atoms with Crippen LogP contribution in [-0.4, -0.2) is 0 Å². The number of allylic oxidation sites excluding steroid dienone is 8. The second kappa shape index (κ2) is 8.19. The molecule has 0 heterocycles. The fourth-order valence-corrected chi connectivity index (χ4v) is 8.01. The smallest absolute Gasteiger partial charge is 1.00 e. The Bertz CT molecular complexity index is 563. The molecule has 0 fully saturated rings. The molecule has 0 amide bonds. The number of hydrogen-bond acceptors (Lipinski definition) is 0. The van der Waals surface area contributed by atoms with Crippen molar-refractivity contribution in [3.8, 4) is 0 Å². The largest absolute Gasteiger partial charge is 1.00 e. The van der Waals surface area contributed by atoms with E-state index in [9.17, 15) is 0 Å². The number of halogens is 2. The summed E-state index contributed by atoms with van der Waals surface area (Å²) in [6.07, 6.45) is 8.78. The Morgan fingerprint density at radius 3 is 1.91 bits per heavy atom. The van der Waals surface area contributed by atoms with Crippen molar-refractivity contribution in [2.24, 2.45) is 16.7 Å². The van der Waals surface area contributed by atoms with Crippen molar-refractivity contribution in [3.63, 3.8) is 0 Å². The molecule has 1 unspecified atom stereocenters. The molecule has 0 nitrogen and oxygen atoms in total. The molecule has 0 bridgehead atoms. The van der Waals surface area contributed by atoms with Crippen molar-refractivity contribution in [1.82, 2.24) is 0 Å². The van der Waals surface area contributed by atoms with E-state index in [0.717, 1.165) is 0 Å². The van der Waals surface area contributed by atoms with Gasteiger partial charge in [-0.1, -0.05) is 0 Å². The quantitative estimate of drug-likeness (QED) is 0.459. The first-order valence-electron chi connectivity index (χ1n) is 8.10. The summed E-state index contributed by atoms with van der Waals surface area (Å²) in [5.74, 6) is 0.682. The summed E-state index contributed by atoms with van der Waals surface area (Å²) in [4.78, 5) is 0. The van der Waals surface area contributed by atoms with Crippen LogP contribution in [0.1, 0.15) is 61.8 Å². The van der Waals surface area contributed by atoms with Gasteiger partial charge in [-0.2, -0.15) is 0 Å². The summed E-state index contributed by atoms with van der Waals surface area (Å²) < 4.78 is 3.61. The Labute approximate surface area is 167 Å². The zero-order valence-corrected chi connectivity index (χ0v) is 20.9. The monoisotopic (exact) mass is 520 g/mol. The van der Waals surface area contributed by atoms with Gasteiger partial charge in [0.2, 0.25) is 0 Å². The molecule has 0 saturated heterocycles. The van der Waals surface area contributed by atoms with Gasteiger partial charge in [-0.3, -0.25) is 0 Å². The van der Waals surface area contributed by atoms with E-state index in [1.165, 1.54) is 6.42 Å². The van der Waals surface area contributed by atoms with Crippen LogP contribution in [0.5, 0.6) is 0 Å². The molecular formula is C20H30Cl2Hf. The fourth-order valence-electron chi connectivity index (χ4n) is 2.85. The molecule has 0 aromatic carbocycles. The molecule has 2 aliphatic rings. The van der Waals surface area contributed by atoms with E-state index in [0.29, 0.717) is 16.7 Å². The van der Waals surface area contributed by atoms with Gasteiger partial charge in [0.25, 0.3) is 0 Å². The van der Waals surface area contributed by atoms with Crippen LogP contribution >= 0.6 is 0 Å². The van der Waals surface area contributed by atoms with Gasteiger partial charge >= 0.3 is 143 Å². The molecule has 2 aliphatic carbocycles. The summed E-state index contributed by atoms with van der Waals surface area (Å²) >= 11 is -0.844. The summed E-state index contributed by atoms with van der Waals surface area (Å²) in [7, 11) is 0. The van der Waals surface area contributed by atoms with E-state index in [4.69, 9.17) is 0 Å². The molecule has 0 radical (unpaired) electrons. The minimum absolute atomic E-state index is 0. The Balaban J connectivity index is 0.00000242. The van der Waals surface area contributed by atoms with Crippen molar-refractivity contribution in [2.45, 2.75) is 61.8 Å². The molecule has 0 N–H and O–H groups in total.